The number of ether oxygens (including phenoxy) is 3. The highest BCUT2D eigenvalue weighted by atomic mass is 16.6. The fourth-order valence-electron chi connectivity index (χ4n) is 6.00. The third kappa shape index (κ3) is 6.24. The molecule has 236 valence electrons. The van der Waals surface area contributed by atoms with Gasteiger partial charge in [0, 0.05) is 11.8 Å². The Morgan fingerprint density at radius 3 is 1.78 bits per heavy atom. The van der Waals surface area contributed by atoms with Crippen molar-refractivity contribution in [3.05, 3.63) is 176 Å². The maximum atomic E-state index is 13.0. The molecule has 1 aliphatic heterocycles. The Hall–Kier alpha value is -4.64. The lowest BCUT2D eigenvalue weighted by Gasteiger charge is -2.44. The summed E-state index contributed by atoms with van der Waals surface area (Å²) in [6.45, 7) is 1.50. The van der Waals surface area contributed by atoms with Gasteiger partial charge >= 0.3 is 5.69 Å². The molecular weight excluding hydrogens is 584 g/mol. The van der Waals surface area contributed by atoms with E-state index in [1.54, 1.807) is 6.92 Å². The van der Waals surface area contributed by atoms with Crippen molar-refractivity contribution in [1.82, 2.24) is 9.55 Å². The average Bonchev–Trinajstić information content (AvgIpc) is 3.09. The molecule has 0 saturated carbocycles. The lowest BCUT2D eigenvalue weighted by Crippen LogP contribution is -2.59. The molecule has 0 radical (unpaired) electrons. The van der Waals surface area contributed by atoms with Crippen molar-refractivity contribution in [3.8, 4) is 0 Å². The largest absolute Gasteiger partial charge is 0.387 e. The number of aliphatic hydroxyl groups excluding tert-OH is 2. The Morgan fingerprint density at radius 1 is 0.761 bits per heavy atom. The SMILES string of the molecule is Cc1cn([C@@H]2O[C@H](COC(c3ccccc3)(c3ccccc3)c3ccccc3)[C@@H](O)[C@@H](OCc3ccccc3)[C@H]2O)c(=O)[nH]c1=O. The Bertz CT molecular complexity index is 1730. The minimum absolute atomic E-state index is 0.0987. The first-order chi connectivity index (χ1) is 22.4. The van der Waals surface area contributed by atoms with Crippen LogP contribution in [0.15, 0.2) is 137 Å². The summed E-state index contributed by atoms with van der Waals surface area (Å²) in [6, 6.07) is 38.7. The summed E-state index contributed by atoms with van der Waals surface area (Å²) in [5, 5.41) is 23.2. The standard InChI is InChI=1S/C37H36N2O7/c1-25-22-39(36(43)38-34(25)42)35-32(41)33(44-23-26-14-6-2-7-15-26)31(40)30(46-35)24-45-37(27-16-8-3-9-17-27,28-18-10-4-11-19-28)29-20-12-5-13-21-29/h2-22,30-33,35,40-41H,23-24H2,1H3,(H,38,42,43)/t30-,31-,32-,33-,35-/m1/s1. The predicted octanol–water partition coefficient (Wildman–Crippen LogP) is 4.06. The van der Waals surface area contributed by atoms with Gasteiger partial charge in [-0.25, -0.2) is 4.79 Å². The quantitative estimate of drug-likeness (QED) is 0.201. The molecule has 1 aliphatic rings. The highest BCUT2D eigenvalue weighted by Crippen LogP contribution is 2.41. The zero-order valence-corrected chi connectivity index (χ0v) is 25.3. The van der Waals surface area contributed by atoms with Gasteiger partial charge in [-0.15, -0.1) is 0 Å². The summed E-state index contributed by atoms with van der Waals surface area (Å²) < 4.78 is 20.5. The molecule has 6 rings (SSSR count). The average molecular weight is 621 g/mol. The van der Waals surface area contributed by atoms with Crippen LogP contribution in [0.4, 0.5) is 0 Å². The van der Waals surface area contributed by atoms with Gasteiger partial charge in [0.15, 0.2) is 6.23 Å². The molecule has 0 aliphatic carbocycles. The van der Waals surface area contributed by atoms with Crippen LogP contribution in [0, 0.1) is 6.92 Å². The number of hydrogen-bond acceptors (Lipinski definition) is 7. The Balaban J connectivity index is 1.40. The van der Waals surface area contributed by atoms with Crippen molar-refractivity contribution in [2.24, 2.45) is 0 Å². The molecule has 1 fully saturated rings. The minimum atomic E-state index is -1.46. The zero-order valence-electron chi connectivity index (χ0n) is 25.3. The first kappa shape index (κ1) is 31.3. The van der Waals surface area contributed by atoms with Crippen molar-refractivity contribution in [2.45, 2.75) is 49.8 Å². The number of nitrogens with zero attached hydrogens (tertiary/aromatic N) is 1. The topological polar surface area (TPSA) is 123 Å². The molecule has 3 N–H and O–H groups in total. The van der Waals surface area contributed by atoms with Gasteiger partial charge in [0.25, 0.3) is 5.56 Å². The molecule has 9 heteroatoms. The monoisotopic (exact) mass is 620 g/mol. The molecule has 1 aromatic heterocycles. The van der Waals surface area contributed by atoms with Crippen LogP contribution in [0.25, 0.3) is 0 Å². The molecule has 9 nitrogen and oxygen atoms in total. The van der Waals surface area contributed by atoms with Crippen molar-refractivity contribution in [3.63, 3.8) is 0 Å². The van der Waals surface area contributed by atoms with Crippen LogP contribution in [-0.2, 0) is 26.4 Å². The van der Waals surface area contributed by atoms with E-state index in [1.807, 2.05) is 121 Å². The van der Waals surface area contributed by atoms with Gasteiger partial charge in [-0.2, -0.15) is 0 Å². The van der Waals surface area contributed by atoms with Crippen molar-refractivity contribution >= 4 is 0 Å². The molecule has 5 atom stereocenters. The van der Waals surface area contributed by atoms with E-state index in [0.717, 1.165) is 26.8 Å². The summed E-state index contributed by atoms with van der Waals surface area (Å²) in [4.78, 5) is 27.4. The highest BCUT2D eigenvalue weighted by Gasteiger charge is 2.48. The van der Waals surface area contributed by atoms with Crippen LogP contribution in [-0.4, -0.2) is 50.8 Å². The molecule has 0 amide bonds. The van der Waals surface area contributed by atoms with E-state index < -0.39 is 47.5 Å². The number of benzene rings is 4. The van der Waals surface area contributed by atoms with Crippen molar-refractivity contribution in [2.75, 3.05) is 6.61 Å². The number of aliphatic hydroxyl groups is 2. The highest BCUT2D eigenvalue weighted by molar-refractivity contribution is 5.47. The fourth-order valence-corrected chi connectivity index (χ4v) is 6.00. The van der Waals surface area contributed by atoms with Gasteiger partial charge in [0.2, 0.25) is 0 Å². The first-order valence-corrected chi connectivity index (χ1v) is 15.2. The van der Waals surface area contributed by atoms with Crippen LogP contribution in [0.3, 0.4) is 0 Å². The molecular formula is C37H36N2O7. The first-order valence-electron chi connectivity index (χ1n) is 15.2. The predicted molar refractivity (Wildman–Crippen MR) is 172 cm³/mol. The molecule has 0 spiro atoms. The second kappa shape index (κ2) is 13.8. The summed E-state index contributed by atoms with van der Waals surface area (Å²) in [7, 11) is 0. The molecule has 4 aromatic carbocycles. The number of aromatic amines is 1. The van der Waals surface area contributed by atoms with Crippen LogP contribution >= 0.6 is 0 Å². The number of nitrogens with one attached hydrogen (secondary N) is 1. The second-order valence-corrected chi connectivity index (χ2v) is 11.4. The Kier molecular flexibility index (Phi) is 9.39. The molecule has 2 heterocycles. The van der Waals surface area contributed by atoms with E-state index in [-0.39, 0.29) is 18.8 Å². The lowest BCUT2D eigenvalue weighted by atomic mass is 9.80. The maximum absolute atomic E-state index is 13.0. The van der Waals surface area contributed by atoms with Gasteiger partial charge in [0.1, 0.15) is 30.0 Å². The summed E-state index contributed by atoms with van der Waals surface area (Å²) in [6.07, 6.45) is -4.97. The van der Waals surface area contributed by atoms with Crippen LogP contribution < -0.4 is 11.2 Å². The van der Waals surface area contributed by atoms with Gasteiger partial charge in [-0.1, -0.05) is 121 Å². The van der Waals surface area contributed by atoms with E-state index in [4.69, 9.17) is 14.2 Å². The Morgan fingerprint density at radius 2 is 1.26 bits per heavy atom. The van der Waals surface area contributed by atoms with Gasteiger partial charge in [-0.05, 0) is 29.2 Å². The van der Waals surface area contributed by atoms with E-state index in [9.17, 15) is 19.8 Å². The summed E-state index contributed by atoms with van der Waals surface area (Å²) >= 11 is 0. The molecule has 0 unspecified atom stereocenters. The van der Waals surface area contributed by atoms with Crippen LogP contribution in [0.5, 0.6) is 0 Å². The molecule has 46 heavy (non-hydrogen) atoms. The van der Waals surface area contributed by atoms with E-state index in [1.165, 1.54) is 6.20 Å². The maximum Gasteiger partial charge on any atom is 0.330 e. The smallest absolute Gasteiger partial charge is 0.330 e. The third-order valence-corrected chi connectivity index (χ3v) is 8.37. The summed E-state index contributed by atoms with van der Waals surface area (Å²) in [5.41, 5.74) is 1.27. The number of aryl methyl sites for hydroxylation is 1. The van der Waals surface area contributed by atoms with Crippen LogP contribution in [0.2, 0.25) is 0 Å². The number of hydrogen-bond donors (Lipinski definition) is 3. The number of H-pyrrole nitrogens is 1. The van der Waals surface area contributed by atoms with E-state index in [2.05, 4.69) is 4.98 Å². The molecule has 0 bridgehead atoms. The van der Waals surface area contributed by atoms with E-state index in [0.29, 0.717) is 0 Å². The minimum Gasteiger partial charge on any atom is -0.387 e. The lowest BCUT2D eigenvalue weighted by molar-refractivity contribution is -0.271. The Labute approximate surface area is 266 Å². The molecule has 1 saturated heterocycles. The summed E-state index contributed by atoms with van der Waals surface area (Å²) in [5.74, 6) is 0. The second-order valence-electron chi connectivity index (χ2n) is 11.4. The van der Waals surface area contributed by atoms with Crippen molar-refractivity contribution < 1.29 is 24.4 Å². The van der Waals surface area contributed by atoms with Gasteiger partial charge in [0.05, 0.1) is 13.2 Å². The third-order valence-electron chi connectivity index (χ3n) is 8.37. The van der Waals surface area contributed by atoms with Crippen molar-refractivity contribution in [1.29, 1.82) is 0 Å². The molecule has 5 aromatic rings. The normalized spacial score (nSPS) is 21.6. The number of aromatic nitrogens is 2. The fraction of sp³-hybridized carbons (Fsp3) is 0.243. The van der Waals surface area contributed by atoms with Gasteiger partial charge < -0.3 is 24.4 Å². The van der Waals surface area contributed by atoms with E-state index >= 15 is 0 Å². The number of rotatable bonds is 10. The van der Waals surface area contributed by atoms with Gasteiger partial charge in [-0.3, -0.25) is 14.3 Å². The van der Waals surface area contributed by atoms with Crippen LogP contribution in [0.1, 0.15) is 34.0 Å². The zero-order chi connectivity index (χ0) is 32.1.